The van der Waals surface area contributed by atoms with E-state index in [1.54, 1.807) is 0 Å². The lowest BCUT2D eigenvalue weighted by Crippen LogP contribution is -2.36. The van der Waals surface area contributed by atoms with Crippen molar-refractivity contribution in [3.8, 4) is 5.88 Å². The Bertz CT molecular complexity index is 1270. The van der Waals surface area contributed by atoms with Crippen LogP contribution in [0, 0.1) is 6.92 Å². The Morgan fingerprint density at radius 1 is 0.882 bits per heavy atom. The van der Waals surface area contributed by atoms with E-state index in [1.807, 2.05) is 24.3 Å². The molecule has 0 amide bonds. The Morgan fingerprint density at radius 3 is 2.03 bits per heavy atom. The van der Waals surface area contributed by atoms with Gasteiger partial charge in [0.1, 0.15) is 0 Å². The number of fused-ring (bicyclic) bond motifs is 1. The van der Waals surface area contributed by atoms with Crippen molar-refractivity contribution in [2.45, 2.75) is 70.5 Å². The fourth-order valence-electron chi connectivity index (χ4n) is 5.55. The number of hydrogen-bond donors (Lipinski definition) is 3. The average molecular weight is 463 g/mol. The lowest BCUT2D eigenvalue weighted by Gasteiger charge is -2.43. The molecule has 1 aliphatic heterocycles. The molecule has 180 valence electrons. The zero-order valence-electron chi connectivity index (χ0n) is 20.7. The van der Waals surface area contributed by atoms with Crippen LogP contribution in [0.25, 0.3) is 0 Å². The van der Waals surface area contributed by atoms with E-state index in [-0.39, 0.29) is 16.7 Å². The Balaban J connectivity index is 1.56. The predicted octanol–water partition coefficient (Wildman–Crippen LogP) is 4.90. The van der Waals surface area contributed by atoms with Crippen LogP contribution in [0.5, 0.6) is 5.88 Å². The molecule has 34 heavy (non-hydrogen) atoms. The molecule has 5 rings (SSSR count). The molecule has 0 atom stereocenters. The number of hydrogen-bond acceptors (Lipinski definition) is 4. The van der Waals surface area contributed by atoms with Crippen LogP contribution < -0.4 is 5.69 Å². The number of rotatable bonds is 4. The van der Waals surface area contributed by atoms with Gasteiger partial charge in [0.15, 0.2) is 0 Å². The molecular formula is C28H34N2O4. The average Bonchev–Trinajstić information content (AvgIpc) is 3.39. The molecule has 1 fully saturated rings. The molecular weight excluding hydrogens is 428 g/mol. The molecule has 0 unspecified atom stereocenters. The van der Waals surface area contributed by atoms with Crippen LogP contribution >= 0.6 is 0 Å². The number of H-pyrrole nitrogens is 2. The van der Waals surface area contributed by atoms with E-state index in [2.05, 4.69) is 56.7 Å². The van der Waals surface area contributed by atoms with E-state index in [9.17, 15) is 9.90 Å². The summed E-state index contributed by atoms with van der Waals surface area (Å²) in [6.07, 6.45) is 2.74. The van der Waals surface area contributed by atoms with Crippen molar-refractivity contribution >= 4 is 0 Å². The molecule has 0 bridgehead atoms. The lowest BCUT2D eigenvalue weighted by atomic mass is 9.62. The fourth-order valence-corrected chi connectivity index (χ4v) is 5.55. The third-order valence-electron chi connectivity index (χ3n) is 7.74. The summed E-state index contributed by atoms with van der Waals surface area (Å²) in [6.45, 7) is 12.6. The molecule has 1 aromatic heterocycles. The van der Waals surface area contributed by atoms with Gasteiger partial charge in [-0.3, -0.25) is 4.98 Å². The summed E-state index contributed by atoms with van der Waals surface area (Å²) in [5.74, 6) is -1.07. The number of aromatic amines is 2. The summed E-state index contributed by atoms with van der Waals surface area (Å²) >= 11 is 0. The first-order valence-electron chi connectivity index (χ1n) is 12.1. The molecule has 3 aromatic rings. The van der Waals surface area contributed by atoms with Crippen molar-refractivity contribution < 1.29 is 14.6 Å². The molecule has 6 heteroatoms. The quantitative estimate of drug-likeness (QED) is 0.514. The third-order valence-corrected chi connectivity index (χ3v) is 7.74. The molecule has 2 aromatic carbocycles. The highest BCUT2D eigenvalue weighted by atomic mass is 16.7. The van der Waals surface area contributed by atoms with Gasteiger partial charge in [0, 0.05) is 17.5 Å². The van der Waals surface area contributed by atoms with Gasteiger partial charge in [0.05, 0.1) is 18.9 Å². The Morgan fingerprint density at radius 2 is 1.47 bits per heavy atom. The lowest BCUT2D eigenvalue weighted by molar-refractivity contribution is -0.130. The second-order valence-electron chi connectivity index (χ2n) is 11.1. The SMILES string of the molecule is Cc1cc2c(cc1C1(c3ccc(Cc4[nH]c(=O)[nH]c4O)cc3)OCCO1)C(C)(C)CCC2(C)C. The van der Waals surface area contributed by atoms with Gasteiger partial charge in [0.25, 0.3) is 0 Å². The zero-order valence-corrected chi connectivity index (χ0v) is 20.7. The van der Waals surface area contributed by atoms with E-state index in [0.717, 1.165) is 23.1 Å². The minimum absolute atomic E-state index is 0.0897. The monoisotopic (exact) mass is 462 g/mol. The van der Waals surface area contributed by atoms with E-state index < -0.39 is 11.5 Å². The normalized spacial score (nSPS) is 20.3. The van der Waals surface area contributed by atoms with Crippen LogP contribution in [-0.4, -0.2) is 28.3 Å². The maximum atomic E-state index is 11.4. The topological polar surface area (TPSA) is 87.3 Å². The van der Waals surface area contributed by atoms with Crippen molar-refractivity contribution in [2.24, 2.45) is 0 Å². The summed E-state index contributed by atoms with van der Waals surface area (Å²) < 4.78 is 12.7. The maximum Gasteiger partial charge on any atom is 0.325 e. The van der Waals surface area contributed by atoms with Crippen molar-refractivity contribution in [3.05, 3.63) is 86.0 Å². The van der Waals surface area contributed by atoms with Crippen LogP contribution in [0.15, 0.2) is 41.2 Å². The molecule has 6 nitrogen and oxygen atoms in total. The summed E-state index contributed by atoms with van der Waals surface area (Å²) in [4.78, 5) is 16.4. The number of aromatic hydroxyl groups is 1. The van der Waals surface area contributed by atoms with Crippen LogP contribution in [0.4, 0.5) is 0 Å². The highest BCUT2D eigenvalue weighted by molar-refractivity contribution is 5.51. The largest absolute Gasteiger partial charge is 0.493 e. The van der Waals surface area contributed by atoms with Gasteiger partial charge in [-0.25, -0.2) is 4.79 Å². The van der Waals surface area contributed by atoms with Crippen molar-refractivity contribution in [3.63, 3.8) is 0 Å². The standard InChI is InChI=1S/C28H34N2O4/c1-17-14-21-22(27(4,5)11-10-26(21,2)3)16-20(17)28(33-12-13-34-28)19-8-6-18(7-9-19)15-23-24(31)30-25(32)29-23/h6-9,14,16,31H,10-13,15H2,1-5H3,(H2,29,30,32). The van der Waals surface area contributed by atoms with Gasteiger partial charge in [-0.15, -0.1) is 0 Å². The van der Waals surface area contributed by atoms with Crippen LogP contribution in [0.3, 0.4) is 0 Å². The first-order chi connectivity index (χ1) is 16.0. The smallest absolute Gasteiger partial charge is 0.325 e. The van der Waals surface area contributed by atoms with Gasteiger partial charge >= 0.3 is 5.69 Å². The molecule has 0 saturated carbocycles. The Labute approximate surface area is 200 Å². The van der Waals surface area contributed by atoms with E-state index in [4.69, 9.17) is 9.47 Å². The van der Waals surface area contributed by atoms with E-state index >= 15 is 0 Å². The first-order valence-corrected chi connectivity index (χ1v) is 12.1. The number of imidazole rings is 1. The molecule has 2 aliphatic rings. The molecule has 3 N–H and O–H groups in total. The summed E-state index contributed by atoms with van der Waals surface area (Å²) in [5, 5.41) is 9.89. The molecule has 0 spiro atoms. The highest BCUT2D eigenvalue weighted by Crippen LogP contribution is 2.49. The van der Waals surface area contributed by atoms with Crippen LogP contribution in [0.2, 0.25) is 0 Å². The highest BCUT2D eigenvalue weighted by Gasteiger charge is 2.44. The maximum absolute atomic E-state index is 11.4. The second kappa shape index (κ2) is 7.85. The number of nitrogens with one attached hydrogen (secondary N) is 2. The van der Waals surface area contributed by atoms with Gasteiger partial charge in [-0.05, 0) is 58.9 Å². The molecule has 1 saturated heterocycles. The van der Waals surface area contributed by atoms with Gasteiger partial charge < -0.3 is 19.6 Å². The molecule has 1 aliphatic carbocycles. The van der Waals surface area contributed by atoms with Gasteiger partial charge in [-0.1, -0.05) is 58.0 Å². The number of benzene rings is 2. The summed E-state index contributed by atoms with van der Waals surface area (Å²) in [7, 11) is 0. The Kier molecular flexibility index (Phi) is 5.30. The molecule has 2 heterocycles. The van der Waals surface area contributed by atoms with Crippen molar-refractivity contribution in [1.82, 2.24) is 9.97 Å². The summed E-state index contributed by atoms with van der Waals surface area (Å²) in [6, 6.07) is 12.7. The Hall–Kier alpha value is -2.83. The van der Waals surface area contributed by atoms with E-state index in [1.165, 1.54) is 23.1 Å². The predicted molar refractivity (Wildman–Crippen MR) is 131 cm³/mol. The fraction of sp³-hybridized carbons (Fsp3) is 0.464. The summed E-state index contributed by atoms with van der Waals surface area (Å²) in [5.41, 5.74) is 7.24. The zero-order chi connectivity index (χ0) is 24.3. The number of aromatic nitrogens is 2. The van der Waals surface area contributed by atoms with Crippen LogP contribution in [0.1, 0.15) is 79.6 Å². The second-order valence-corrected chi connectivity index (χ2v) is 11.1. The van der Waals surface area contributed by atoms with Crippen LogP contribution in [-0.2, 0) is 32.5 Å². The van der Waals surface area contributed by atoms with E-state index in [0.29, 0.717) is 25.3 Å². The molecule has 0 radical (unpaired) electrons. The van der Waals surface area contributed by atoms with Crippen molar-refractivity contribution in [1.29, 1.82) is 0 Å². The third kappa shape index (κ3) is 3.69. The van der Waals surface area contributed by atoms with Crippen molar-refractivity contribution in [2.75, 3.05) is 13.2 Å². The minimum Gasteiger partial charge on any atom is -0.493 e. The number of aryl methyl sites for hydroxylation is 1. The number of ether oxygens (including phenoxy) is 2. The first kappa shape index (κ1) is 22.9. The van der Waals surface area contributed by atoms with Gasteiger partial charge in [-0.2, -0.15) is 0 Å². The van der Waals surface area contributed by atoms with Gasteiger partial charge in [0.2, 0.25) is 11.7 Å². The minimum atomic E-state index is -0.945.